The second-order valence-electron chi connectivity index (χ2n) is 13.8. The molecule has 0 saturated heterocycles. The summed E-state index contributed by atoms with van der Waals surface area (Å²) in [5, 5.41) is 0. The van der Waals surface area contributed by atoms with Gasteiger partial charge in [-0.05, 0) is 46.0 Å². The Morgan fingerprint density at radius 1 is 0.400 bits per heavy atom. The zero-order valence-corrected chi connectivity index (χ0v) is 31.7. The number of esters is 2. The van der Waals surface area contributed by atoms with E-state index in [2.05, 4.69) is 27.7 Å². The highest BCUT2D eigenvalue weighted by atomic mass is 16.5. The van der Waals surface area contributed by atoms with Gasteiger partial charge in [-0.15, -0.1) is 0 Å². The minimum absolute atomic E-state index is 0.0245. The fraction of sp³-hybridized carbons (Fsp3) is 0.951. The molecule has 4 nitrogen and oxygen atoms in total. The monoisotopic (exact) mass is 639 g/mol. The summed E-state index contributed by atoms with van der Waals surface area (Å²) in [5.74, 6) is -0.0117. The van der Waals surface area contributed by atoms with Crippen molar-refractivity contribution in [3.05, 3.63) is 0 Å². The predicted octanol–water partition coefficient (Wildman–Crippen LogP) is 14.0. The minimum atomic E-state index is -0.0362. The smallest absolute Gasteiger partial charge is 0.306 e. The van der Waals surface area contributed by atoms with Gasteiger partial charge in [0.2, 0.25) is 0 Å². The summed E-state index contributed by atoms with van der Waals surface area (Å²) >= 11 is 0. The van der Waals surface area contributed by atoms with E-state index in [1.165, 1.54) is 161 Å². The maximum Gasteiger partial charge on any atom is 0.306 e. The average Bonchev–Trinajstić information content (AvgIpc) is 3.01. The van der Waals surface area contributed by atoms with Crippen LogP contribution in [-0.2, 0) is 19.1 Å². The van der Waals surface area contributed by atoms with Gasteiger partial charge in [0.15, 0.2) is 0 Å². The van der Waals surface area contributed by atoms with Crippen LogP contribution in [0.2, 0.25) is 0 Å². The average molecular weight is 639 g/mol. The molecule has 0 aliphatic rings. The van der Waals surface area contributed by atoms with Crippen LogP contribution in [0.4, 0.5) is 0 Å². The zero-order valence-electron chi connectivity index (χ0n) is 31.7. The zero-order chi connectivity index (χ0) is 33.6. The van der Waals surface area contributed by atoms with Gasteiger partial charge >= 0.3 is 11.9 Å². The summed E-state index contributed by atoms with van der Waals surface area (Å²) in [7, 11) is 0. The van der Waals surface area contributed by atoms with Crippen LogP contribution in [0, 0.1) is 0 Å². The highest BCUT2D eigenvalue weighted by molar-refractivity contribution is 5.69. The number of ether oxygens (including phenoxy) is 2. The predicted molar refractivity (Wildman–Crippen MR) is 197 cm³/mol. The third kappa shape index (κ3) is 40.9. The van der Waals surface area contributed by atoms with E-state index in [4.69, 9.17) is 9.47 Å². The molecule has 0 N–H and O–H groups in total. The van der Waals surface area contributed by atoms with Crippen molar-refractivity contribution in [1.29, 1.82) is 0 Å². The van der Waals surface area contributed by atoms with Crippen molar-refractivity contribution >= 4 is 11.9 Å². The Labute approximate surface area is 283 Å². The Hall–Kier alpha value is -1.06. The van der Waals surface area contributed by atoms with Gasteiger partial charge in [-0.2, -0.15) is 0 Å². The molecular formula is C41H82O4. The van der Waals surface area contributed by atoms with Crippen molar-refractivity contribution in [2.75, 3.05) is 0 Å². The van der Waals surface area contributed by atoms with Crippen molar-refractivity contribution in [2.24, 2.45) is 0 Å². The lowest BCUT2D eigenvalue weighted by Crippen LogP contribution is -2.17. The first-order valence-corrected chi connectivity index (χ1v) is 20.3. The molecule has 45 heavy (non-hydrogen) atoms. The van der Waals surface area contributed by atoms with Crippen LogP contribution in [0.5, 0.6) is 0 Å². The van der Waals surface area contributed by atoms with Gasteiger partial charge in [-0.3, -0.25) is 9.59 Å². The summed E-state index contributed by atoms with van der Waals surface area (Å²) in [6, 6.07) is 0. The second kappa shape index (κ2) is 39.1. The Balaban J connectivity index is 0. The van der Waals surface area contributed by atoms with E-state index in [-0.39, 0.29) is 24.1 Å². The van der Waals surface area contributed by atoms with Gasteiger partial charge in [0.05, 0.1) is 6.10 Å². The molecule has 0 saturated carbocycles. The molecule has 0 aliphatic carbocycles. The first kappa shape index (κ1) is 46.1. The normalized spacial score (nSPS) is 11.7. The van der Waals surface area contributed by atoms with Crippen molar-refractivity contribution in [3.63, 3.8) is 0 Å². The van der Waals surface area contributed by atoms with Gasteiger partial charge < -0.3 is 9.47 Å². The van der Waals surface area contributed by atoms with E-state index in [1.807, 2.05) is 13.8 Å². The topological polar surface area (TPSA) is 52.6 Å². The molecule has 4 heteroatoms. The lowest BCUT2D eigenvalue weighted by Gasteiger charge is -2.16. The van der Waals surface area contributed by atoms with Crippen LogP contribution < -0.4 is 0 Å². The largest absolute Gasteiger partial charge is 0.463 e. The van der Waals surface area contributed by atoms with E-state index < -0.39 is 0 Å². The Bertz CT molecular complexity index is 588. The quantitative estimate of drug-likeness (QED) is 0.0530. The molecule has 0 aromatic heterocycles. The molecule has 0 bridgehead atoms. The van der Waals surface area contributed by atoms with Gasteiger partial charge in [0.25, 0.3) is 0 Å². The molecular weight excluding hydrogens is 556 g/mol. The van der Waals surface area contributed by atoms with Gasteiger partial charge in [0.1, 0.15) is 6.10 Å². The Morgan fingerprint density at radius 3 is 1.00 bits per heavy atom. The van der Waals surface area contributed by atoms with Crippen molar-refractivity contribution in [1.82, 2.24) is 0 Å². The summed E-state index contributed by atoms with van der Waals surface area (Å²) in [6.07, 6.45) is 38.9. The van der Waals surface area contributed by atoms with E-state index in [0.29, 0.717) is 12.8 Å². The summed E-state index contributed by atoms with van der Waals surface area (Å²) < 4.78 is 10.7. The lowest BCUT2D eigenvalue weighted by atomic mass is 10.0. The first-order chi connectivity index (χ1) is 21.9. The maximum atomic E-state index is 11.9. The molecule has 0 aromatic rings. The van der Waals surface area contributed by atoms with Crippen molar-refractivity contribution < 1.29 is 19.1 Å². The SMILES string of the molecule is CCCCCCCCCCCCCC(=O)OC(C)C.CCCCCCCCCCCCCCCC(=O)OC(CC)CCCCC. The van der Waals surface area contributed by atoms with Gasteiger partial charge in [0, 0.05) is 12.8 Å². The van der Waals surface area contributed by atoms with Gasteiger partial charge in [-0.25, -0.2) is 0 Å². The molecule has 0 spiro atoms. The molecule has 1 unspecified atom stereocenters. The molecule has 0 radical (unpaired) electrons. The molecule has 0 aromatic carbocycles. The Kier molecular flexibility index (Phi) is 40.0. The molecule has 0 amide bonds. The van der Waals surface area contributed by atoms with Crippen LogP contribution in [-0.4, -0.2) is 24.1 Å². The lowest BCUT2D eigenvalue weighted by molar-refractivity contribution is -0.150. The van der Waals surface area contributed by atoms with E-state index >= 15 is 0 Å². The summed E-state index contributed by atoms with van der Waals surface area (Å²) in [5.41, 5.74) is 0. The second-order valence-corrected chi connectivity index (χ2v) is 13.8. The van der Waals surface area contributed by atoms with E-state index in [9.17, 15) is 9.59 Å². The van der Waals surface area contributed by atoms with E-state index in [1.54, 1.807) is 0 Å². The molecule has 0 rings (SSSR count). The van der Waals surface area contributed by atoms with Crippen LogP contribution in [0.15, 0.2) is 0 Å². The van der Waals surface area contributed by atoms with Crippen LogP contribution in [0.3, 0.4) is 0 Å². The molecule has 0 heterocycles. The van der Waals surface area contributed by atoms with Gasteiger partial charge in [-0.1, -0.05) is 182 Å². The minimum Gasteiger partial charge on any atom is -0.463 e. The number of carbonyl (C=O) groups is 2. The number of unbranched alkanes of at least 4 members (excludes halogenated alkanes) is 24. The van der Waals surface area contributed by atoms with Crippen LogP contribution in [0.25, 0.3) is 0 Å². The molecule has 0 aliphatic heterocycles. The number of rotatable bonds is 33. The fourth-order valence-corrected chi connectivity index (χ4v) is 5.76. The standard InChI is InChI=1S/C24H48O2.C17H34O2/c1-4-7-9-10-11-12-13-14-15-16-17-18-20-22-24(25)26-23(6-3)21-19-8-5-2;1-4-5-6-7-8-9-10-11-12-13-14-15-17(18)19-16(2)3/h23H,4-22H2,1-3H3;16H,4-15H2,1-3H3. The highest BCUT2D eigenvalue weighted by Gasteiger charge is 2.12. The highest BCUT2D eigenvalue weighted by Crippen LogP contribution is 2.15. The van der Waals surface area contributed by atoms with Crippen molar-refractivity contribution in [2.45, 2.75) is 253 Å². The summed E-state index contributed by atoms with van der Waals surface area (Å²) in [4.78, 5) is 23.2. The Morgan fingerprint density at radius 2 is 0.689 bits per heavy atom. The van der Waals surface area contributed by atoms with Crippen molar-refractivity contribution in [3.8, 4) is 0 Å². The number of carbonyl (C=O) groups excluding carboxylic acids is 2. The summed E-state index contributed by atoms with van der Waals surface area (Å²) in [6.45, 7) is 12.7. The van der Waals surface area contributed by atoms with Crippen LogP contribution >= 0.6 is 0 Å². The third-order valence-corrected chi connectivity index (χ3v) is 8.72. The molecule has 0 fully saturated rings. The third-order valence-electron chi connectivity index (χ3n) is 8.72. The van der Waals surface area contributed by atoms with E-state index in [0.717, 1.165) is 25.7 Å². The fourth-order valence-electron chi connectivity index (χ4n) is 5.76. The molecule has 1 atom stereocenters. The van der Waals surface area contributed by atoms with Crippen LogP contribution in [0.1, 0.15) is 241 Å². The first-order valence-electron chi connectivity index (χ1n) is 20.3. The maximum absolute atomic E-state index is 11.9. The molecule has 270 valence electrons. The number of hydrogen-bond acceptors (Lipinski definition) is 4. The number of hydrogen-bond donors (Lipinski definition) is 0.